The molecule has 0 saturated carbocycles. The molecule has 0 amide bonds. The molecule has 0 aliphatic carbocycles. The van der Waals surface area contributed by atoms with Gasteiger partial charge in [-0.25, -0.2) is 4.79 Å². The van der Waals surface area contributed by atoms with Crippen molar-refractivity contribution in [3.8, 4) is 0 Å². The zero-order chi connectivity index (χ0) is 14.4. The number of carbonyl (C=O) groups is 1. The summed E-state index contributed by atoms with van der Waals surface area (Å²) in [5.74, 6) is -1.22. The van der Waals surface area contributed by atoms with Gasteiger partial charge in [0.05, 0.1) is 16.7 Å². The third-order valence-electron chi connectivity index (χ3n) is 2.51. The van der Waals surface area contributed by atoms with E-state index in [1.165, 1.54) is 18.2 Å². The van der Waals surface area contributed by atoms with Gasteiger partial charge >= 0.3 is 5.97 Å². The smallest absolute Gasteiger partial charge is 0.337 e. The van der Waals surface area contributed by atoms with Gasteiger partial charge in [0.1, 0.15) is 6.10 Å². The minimum atomic E-state index is -1.27. The van der Waals surface area contributed by atoms with Crippen molar-refractivity contribution in [3.05, 3.63) is 44.8 Å². The first-order valence-corrected chi connectivity index (χ1v) is 5.75. The molecule has 0 bridgehead atoms. The van der Waals surface area contributed by atoms with E-state index in [1.54, 1.807) is 0 Å². The summed E-state index contributed by atoms with van der Waals surface area (Å²) in [5, 5.41) is 31.7. The first kappa shape index (κ1) is 15.3. The van der Waals surface area contributed by atoms with Crippen LogP contribution in [-0.2, 0) is 0 Å². The molecule has 1 aromatic carbocycles. The van der Waals surface area contributed by atoms with Gasteiger partial charge in [-0.05, 0) is 29.6 Å². The highest BCUT2D eigenvalue weighted by Crippen LogP contribution is 2.24. The fourth-order valence-electron chi connectivity index (χ4n) is 1.51. The van der Waals surface area contributed by atoms with Crippen molar-refractivity contribution < 1.29 is 20.1 Å². The third-order valence-corrected chi connectivity index (χ3v) is 2.84. The van der Waals surface area contributed by atoms with Crippen molar-refractivity contribution >= 4 is 17.6 Å². The molecule has 0 heterocycles. The molecule has 7 nitrogen and oxygen atoms in total. The number of aromatic carboxylic acids is 1. The highest BCUT2D eigenvalue weighted by molar-refractivity contribution is 6.33. The molecule has 0 aromatic heterocycles. The Bertz CT molecular complexity index is 517. The maximum atomic E-state index is 10.9. The second-order valence-corrected chi connectivity index (χ2v) is 4.21. The number of azide groups is 1. The first-order chi connectivity index (χ1) is 8.97. The van der Waals surface area contributed by atoms with Crippen molar-refractivity contribution in [2.24, 2.45) is 5.11 Å². The van der Waals surface area contributed by atoms with Gasteiger partial charge < -0.3 is 15.3 Å². The average Bonchev–Trinajstić information content (AvgIpc) is 2.38. The van der Waals surface area contributed by atoms with Crippen LogP contribution in [0.15, 0.2) is 23.3 Å². The van der Waals surface area contributed by atoms with Crippen molar-refractivity contribution in [2.75, 3.05) is 6.54 Å². The largest absolute Gasteiger partial charge is 0.478 e. The summed E-state index contributed by atoms with van der Waals surface area (Å²) in [5.41, 5.74) is 8.18. The summed E-state index contributed by atoms with van der Waals surface area (Å²) in [7, 11) is 0. The predicted molar refractivity (Wildman–Crippen MR) is 68.0 cm³/mol. The number of halogens is 1. The fourth-order valence-corrected chi connectivity index (χ4v) is 1.70. The lowest BCUT2D eigenvalue weighted by molar-refractivity contribution is 0.0149. The molecule has 3 N–H and O–H groups in total. The second-order valence-electron chi connectivity index (χ2n) is 3.80. The molecule has 2 unspecified atom stereocenters. The van der Waals surface area contributed by atoms with E-state index in [9.17, 15) is 15.0 Å². The van der Waals surface area contributed by atoms with E-state index in [-0.39, 0.29) is 29.1 Å². The van der Waals surface area contributed by atoms with E-state index in [0.29, 0.717) is 0 Å². The van der Waals surface area contributed by atoms with Crippen molar-refractivity contribution in [1.29, 1.82) is 0 Å². The number of aliphatic hydroxyl groups is 2. The Balaban J connectivity index is 2.87. The Morgan fingerprint density at radius 2 is 2.16 bits per heavy atom. The lowest BCUT2D eigenvalue weighted by atomic mass is 10.00. The Kier molecular flexibility index (Phi) is 5.59. The summed E-state index contributed by atoms with van der Waals surface area (Å²) >= 11 is 5.70. The van der Waals surface area contributed by atoms with Crippen molar-refractivity contribution in [1.82, 2.24) is 0 Å². The monoisotopic (exact) mass is 285 g/mol. The predicted octanol–water partition coefficient (Wildman–Crippen LogP) is 2.13. The summed E-state index contributed by atoms with van der Waals surface area (Å²) in [4.78, 5) is 13.4. The Hall–Kier alpha value is -1.79. The standard InChI is InChI=1S/C11H12ClN3O4/c12-8-2-1-6(5-7(8)11(18)19)10(17)9(16)3-4-14-15-13/h1-2,5,9-10,16-17H,3-4H2,(H,18,19). The SMILES string of the molecule is [N-]=[N+]=NCCC(O)C(O)c1ccc(Cl)c(C(=O)O)c1. The molecule has 1 rings (SSSR count). The van der Waals surface area contributed by atoms with E-state index < -0.39 is 18.2 Å². The molecule has 0 saturated heterocycles. The fraction of sp³-hybridized carbons (Fsp3) is 0.364. The van der Waals surface area contributed by atoms with E-state index >= 15 is 0 Å². The van der Waals surface area contributed by atoms with Gasteiger partial charge in [-0.15, -0.1) is 0 Å². The molecule has 2 atom stereocenters. The van der Waals surface area contributed by atoms with Crippen LogP contribution in [0, 0.1) is 0 Å². The molecule has 0 aliphatic rings. The molecular weight excluding hydrogens is 274 g/mol. The molecular formula is C11H12ClN3O4. The number of benzene rings is 1. The number of hydrogen-bond donors (Lipinski definition) is 3. The molecule has 1 aromatic rings. The summed E-state index contributed by atoms with van der Waals surface area (Å²) < 4.78 is 0. The molecule has 0 spiro atoms. The number of hydrogen-bond acceptors (Lipinski definition) is 4. The van der Waals surface area contributed by atoms with Crippen LogP contribution in [0.4, 0.5) is 0 Å². The first-order valence-electron chi connectivity index (χ1n) is 5.37. The Morgan fingerprint density at radius 1 is 1.47 bits per heavy atom. The topological polar surface area (TPSA) is 127 Å². The quantitative estimate of drug-likeness (QED) is 0.420. The number of carboxylic acid groups (broad SMARTS) is 1. The van der Waals surface area contributed by atoms with Gasteiger partial charge in [0.25, 0.3) is 0 Å². The number of aliphatic hydroxyl groups excluding tert-OH is 2. The summed E-state index contributed by atoms with van der Waals surface area (Å²) in [6.07, 6.45) is -2.37. The van der Waals surface area contributed by atoms with Gasteiger partial charge in [0, 0.05) is 11.5 Å². The zero-order valence-corrected chi connectivity index (χ0v) is 10.5. The molecule has 8 heteroatoms. The van der Waals surface area contributed by atoms with Crippen molar-refractivity contribution in [3.63, 3.8) is 0 Å². The molecule has 19 heavy (non-hydrogen) atoms. The number of carboxylic acids is 1. The third kappa shape index (κ3) is 4.11. The van der Waals surface area contributed by atoms with Gasteiger partial charge in [-0.3, -0.25) is 0 Å². The Labute approximate surface area is 113 Å². The minimum absolute atomic E-state index is 0.0358. The lowest BCUT2D eigenvalue weighted by Crippen LogP contribution is -2.19. The highest BCUT2D eigenvalue weighted by Gasteiger charge is 2.20. The van der Waals surface area contributed by atoms with Crippen LogP contribution in [0.5, 0.6) is 0 Å². The molecule has 0 radical (unpaired) electrons. The van der Waals surface area contributed by atoms with E-state index in [4.69, 9.17) is 22.2 Å². The zero-order valence-electron chi connectivity index (χ0n) is 9.77. The van der Waals surface area contributed by atoms with Gasteiger partial charge in [0.2, 0.25) is 0 Å². The molecule has 102 valence electrons. The van der Waals surface area contributed by atoms with Crippen LogP contribution in [0.1, 0.15) is 28.4 Å². The lowest BCUT2D eigenvalue weighted by Gasteiger charge is -2.18. The van der Waals surface area contributed by atoms with Crippen LogP contribution in [0.3, 0.4) is 0 Å². The van der Waals surface area contributed by atoms with E-state index in [2.05, 4.69) is 10.0 Å². The summed E-state index contributed by atoms with van der Waals surface area (Å²) in [6, 6.07) is 3.96. The van der Waals surface area contributed by atoms with E-state index in [1.807, 2.05) is 0 Å². The van der Waals surface area contributed by atoms with Crippen LogP contribution in [-0.4, -0.2) is 33.9 Å². The minimum Gasteiger partial charge on any atom is -0.478 e. The van der Waals surface area contributed by atoms with Crippen LogP contribution < -0.4 is 0 Å². The maximum Gasteiger partial charge on any atom is 0.337 e. The van der Waals surface area contributed by atoms with Gasteiger partial charge in [-0.2, -0.15) is 0 Å². The number of nitrogens with zero attached hydrogens (tertiary/aromatic N) is 3. The van der Waals surface area contributed by atoms with Gasteiger partial charge in [-0.1, -0.05) is 22.8 Å². The highest BCUT2D eigenvalue weighted by atomic mass is 35.5. The van der Waals surface area contributed by atoms with E-state index in [0.717, 1.165) is 0 Å². The Morgan fingerprint density at radius 3 is 2.74 bits per heavy atom. The second kappa shape index (κ2) is 6.96. The normalized spacial score (nSPS) is 13.4. The molecule has 0 aliphatic heterocycles. The van der Waals surface area contributed by atoms with Crippen molar-refractivity contribution in [2.45, 2.75) is 18.6 Å². The van der Waals surface area contributed by atoms with Gasteiger partial charge in [0.15, 0.2) is 0 Å². The average molecular weight is 286 g/mol. The van der Waals surface area contributed by atoms with Crippen LogP contribution >= 0.6 is 11.6 Å². The molecule has 0 fully saturated rings. The van der Waals surface area contributed by atoms with Crippen LogP contribution in [0.25, 0.3) is 10.4 Å². The number of rotatable bonds is 6. The summed E-state index contributed by atoms with van der Waals surface area (Å²) in [6.45, 7) is 0.0358. The maximum absolute atomic E-state index is 10.9. The van der Waals surface area contributed by atoms with Crippen LogP contribution in [0.2, 0.25) is 5.02 Å².